The molecule has 0 unspecified atom stereocenters. The Morgan fingerprint density at radius 2 is 2.09 bits per heavy atom. The maximum Gasteiger partial charge on any atom is 0.254 e. The Morgan fingerprint density at radius 1 is 1.35 bits per heavy atom. The molecular formula is C15H17Cl2N5O. The van der Waals surface area contributed by atoms with Gasteiger partial charge >= 0.3 is 0 Å². The second-order valence-electron chi connectivity index (χ2n) is 5.23. The normalized spacial score (nSPS) is 16.7. The van der Waals surface area contributed by atoms with E-state index in [1.54, 1.807) is 36.7 Å². The minimum Gasteiger partial charge on any atom is -0.399 e. The van der Waals surface area contributed by atoms with Crippen LogP contribution in [0.4, 0.5) is 11.6 Å². The summed E-state index contributed by atoms with van der Waals surface area (Å²) in [6, 6.07) is 7.16. The number of halogens is 2. The number of aromatic nitrogens is 2. The van der Waals surface area contributed by atoms with Crippen LogP contribution in [0.5, 0.6) is 0 Å². The summed E-state index contributed by atoms with van der Waals surface area (Å²) in [7, 11) is 0. The Hall–Kier alpha value is -2.05. The molecule has 1 aliphatic rings. The van der Waals surface area contributed by atoms with Crippen LogP contribution in [-0.4, -0.2) is 39.9 Å². The van der Waals surface area contributed by atoms with Crippen molar-refractivity contribution in [1.29, 1.82) is 0 Å². The summed E-state index contributed by atoms with van der Waals surface area (Å²) in [4.78, 5) is 22.5. The molecular weight excluding hydrogens is 337 g/mol. The molecule has 8 heteroatoms. The highest BCUT2D eigenvalue weighted by molar-refractivity contribution is 6.30. The van der Waals surface area contributed by atoms with Crippen molar-refractivity contribution in [1.82, 2.24) is 14.9 Å². The second-order valence-corrected chi connectivity index (χ2v) is 5.67. The smallest absolute Gasteiger partial charge is 0.254 e. The number of carbonyl (C=O) groups is 1. The Balaban J connectivity index is 0.00000192. The first-order valence-corrected chi connectivity index (χ1v) is 7.38. The molecule has 0 bridgehead atoms. The maximum absolute atomic E-state index is 12.4. The van der Waals surface area contributed by atoms with Crippen molar-refractivity contribution in [3.63, 3.8) is 0 Å². The zero-order chi connectivity index (χ0) is 15.5. The van der Waals surface area contributed by atoms with E-state index < -0.39 is 0 Å². The Labute approximate surface area is 145 Å². The third-order valence-electron chi connectivity index (χ3n) is 3.56. The minimum atomic E-state index is -0.00590. The fraction of sp³-hybridized carbons (Fsp3) is 0.267. The predicted octanol–water partition coefficient (Wildman–Crippen LogP) is 2.46. The van der Waals surface area contributed by atoms with Crippen LogP contribution in [0.25, 0.3) is 0 Å². The van der Waals surface area contributed by atoms with E-state index >= 15 is 0 Å². The Bertz CT molecular complexity index is 680. The highest BCUT2D eigenvalue weighted by atomic mass is 35.5. The molecule has 6 nitrogen and oxygen atoms in total. The summed E-state index contributed by atoms with van der Waals surface area (Å²) in [6.07, 6.45) is 3.93. The number of hydrogen-bond donors (Lipinski definition) is 2. The van der Waals surface area contributed by atoms with Crippen LogP contribution in [-0.2, 0) is 0 Å². The van der Waals surface area contributed by atoms with Crippen molar-refractivity contribution in [3.05, 3.63) is 47.2 Å². The summed E-state index contributed by atoms with van der Waals surface area (Å²) < 4.78 is 0. The van der Waals surface area contributed by atoms with Crippen LogP contribution in [0.3, 0.4) is 0 Å². The summed E-state index contributed by atoms with van der Waals surface area (Å²) in [6.45, 7) is 1.30. The molecule has 23 heavy (non-hydrogen) atoms. The van der Waals surface area contributed by atoms with Gasteiger partial charge in [0.25, 0.3) is 5.91 Å². The molecule has 3 rings (SSSR count). The first-order chi connectivity index (χ1) is 10.6. The molecule has 0 aliphatic carbocycles. The number of carbonyl (C=O) groups excluding carboxylic acids is 1. The van der Waals surface area contributed by atoms with Gasteiger partial charge in [0, 0.05) is 30.4 Å². The first kappa shape index (κ1) is 17.3. The lowest BCUT2D eigenvalue weighted by Gasteiger charge is -2.17. The van der Waals surface area contributed by atoms with Gasteiger partial charge in [-0.3, -0.25) is 4.79 Å². The second kappa shape index (κ2) is 7.48. The molecule has 1 amide bonds. The third-order valence-corrected chi connectivity index (χ3v) is 3.76. The van der Waals surface area contributed by atoms with Crippen LogP contribution >= 0.6 is 24.0 Å². The van der Waals surface area contributed by atoms with Crippen LogP contribution in [0.2, 0.25) is 5.02 Å². The first-order valence-electron chi connectivity index (χ1n) is 7.01. The van der Waals surface area contributed by atoms with E-state index in [9.17, 15) is 4.79 Å². The lowest BCUT2D eigenvalue weighted by Crippen LogP contribution is -2.31. The molecule has 122 valence electrons. The predicted molar refractivity (Wildman–Crippen MR) is 93.1 cm³/mol. The average molecular weight is 354 g/mol. The number of likely N-dealkylation sites (tertiary alicyclic amines) is 1. The molecule has 1 fully saturated rings. The van der Waals surface area contributed by atoms with Gasteiger partial charge in [-0.1, -0.05) is 17.7 Å². The van der Waals surface area contributed by atoms with Gasteiger partial charge in [0.1, 0.15) is 0 Å². The SMILES string of the molecule is Cl.Nc1cccc(C(=O)N2CC[C@H](Nc3ncc(Cl)cn3)C2)c1. The Morgan fingerprint density at radius 3 is 2.78 bits per heavy atom. The van der Waals surface area contributed by atoms with E-state index in [1.807, 2.05) is 4.90 Å². The molecule has 1 saturated heterocycles. The molecule has 1 aromatic heterocycles. The highest BCUT2D eigenvalue weighted by Gasteiger charge is 2.27. The number of nitrogens with two attached hydrogens (primary N) is 1. The van der Waals surface area contributed by atoms with Crippen molar-refractivity contribution in [2.45, 2.75) is 12.5 Å². The molecule has 1 aromatic carbocycles. The van der Waals surface area contributed by atoms with Gasteiger partial charge < -0.3 is 16.0 Å². The highest BCUT2D eigenvalue weighted by Crippen LogP contribution is 2.17. The summed E-state index contributed by atoms with van der Waals surface area (Å²) >= 11 is 5.76. The number of hydrogen-bond acceptors (Lipinski definition) is 5. The molecule has 1 atom stereocenters. The number of nitrogens with zero attached hydrogens (tertiary/aromatic N) is 3. The fourth-order valence-electron chi connectivity index (χ4n) is 2.49. The van der Waals surface area contributed by atoms with E-state index in [0.29, 0.717) is 35.3 Å². The van der Waals surface area contributed by atoms with Crippen LogP contribution in [0.15, 0.2) is 36.7 Å². The Kier molecular flexibility index (Phi) is 5.63. The van der Waals surface area contributed by atoms with Crippen LogP contribution in [0, 0.1) is 0 Å². The molecule has 2 aromatic rings. The van der Waals surface area contributed by atoms with Gasteiger partial charge in [-0.25, -0.2) is 9.97 Å². The topological polar surface area (TPSA) is 84.1 Å². The lowest BCUT2D eigenvalue weighted by molar-refractivity contribution is 0.0791. The number of anilines is 2. The minimum absolute atomic E-state index is 0. The molecule has 1 aliphatic heterocycles. The van der Waals surface area contributed by atoms with Crippen molar-refractivity contribution in [2.75, 3.05) is 24.1 Å². The molecule has 0 spiro atoms. The summed E-state index contributed by atoms with van der Waals surface area (Å²) in [5.41, 5.74) is 6.93. The van der Waals surface area contributed by atoms with E-state index in [0.717, 1.165) is 6.42 Å². The zero-order valence-electron chi connectivity index (χ0n) is 12.3. The van der Waals surface area contributed by atoms with Crippen LogP contribution < -0.4 is 11.1 Å². The number of amides is 1. The van der Waals surface area contributed by atoms with Gasteiger partial charge in [-0.05, 0) is 24.6 Å². The fourth-order valence-corrected chi connectivity index (χ4v) is 2.58. The monoisotopic (exact) mass is 353 g/mol. The van der Waals surface area contributed by atoms with Crippen molar-refractivity contribution >= 4 is 41.6 Å². The lowest BCUT2D eigenvalue weighted by atomic mass is 10.2. The van der Waals surface area contributed by atoms with Gasteiger partial charge in [0.15, 0.2) is 0 Å². The number of rotatable bonds is 3. The third kappa shape index (κ3) is 4.24. The standard InChI is InChI=1S/C15H16ClN5O.ClH/c16-11-7-18-15(19-8-11)20-13-4-5-21(9-13)14(22)10-2-1-3-12(17)6-10;/h1-3,6-8,13H,4-5,9,17H2,(H,18,19,20);1H/t13-;/m0./s1. The van der Waals surface area contributed by atoms with E-state index in [1.165, 1.54) is 0 Å². The van der Waals surface area contributed by atoms with E-state index in [4.69, 9.17) is 17.3 Å². The molecule has 2 heterocycles. The van der Waals surface area contributed by atoms with E-state index in [-0.39, 0.29) is 24.4 Å². The summed E-state index contributed by atoms with van der Waals surface area (Å²) in [5.74, 6) is 0.515. The van der Waals surface area contributed by atoms with Gasteiger partial charge in [0.2, 0.25) is 5.95 Å². The van der Waals surface area contributed by atoms with Crippen molar-refractivity contribution < 1.29 is 4.79 Å². The van der Waals surface area contributed by atoms with Gasteiger partial charge in [-0.2, -0.15) is 0 Å². The molecule has 0 radical (unpaired) electrons. The quantitative estimate of drug-likeness (QED) is 0.828. The molecule has 0 saturated carbocycles. The van der Waals surface area contributed by atoms with E-state index in [2.05, 4.69) is 15.3 Å². The maximum atomic E-state index is 12.4. The summed E-state index contributed by atoms with van der Waals surface area (Å²) in [5, 5.41) is 3.71. The number of nitrogen functional groups attached to an aromatic ring is 1. The van der Waals surface area contributed by atoms with Crippen LogP contribution in [0.1, 0.15) is 16.8 Å². The van der Waals surface area contributed by atoms with Gasteiger partial charge in [-0.15, -0.1) is 12.4 Å². The number of benzene rings is 1. The van der Waals surface area contributed by atoms with Gasteiger partial charge in [0.05, 0.1) is 17.4 Å². The van der Waals surface area contributed by atoms with Crippen molar-refractivity contribution in [2.24, 2.45) is 0 Å². The average Bonchev–Trinajstić information content (AvgIpc) is 2.97. The van der Waals surface area contributed by atoms with Crippen molar-refractivity contribution in [3.8, 4) is 0 Å². The molecule has 3 N–H and O–H groups in total. The largest absolute Gasteiger partial charge is 0.399 e. The zero-order valence-corrected chi connectivity index (χ0v) is 13.8. The number of nitrogens with one attached hydrogen (secondary N) is 1.